The molecule has 0 nitrogen and oxygen atoms in total. The molecule has 144 valence electrons. The molecule has 2 aliphatic rings. The molecule has 0 bridgehead atoms. The zero-order chi connectivity index (χ0) is 19.7. The molecular weight excluding hydrogens is 336 g/mol. The summed E-state index contributed by atoms with van der Waals surface area (Å²) in [5.41, 5.74) is 10.4. The van der Waals surface area contributed by atoms with Crippen molar-refractivity contribution in [1.82, 2.24) is 0 Å². The van der Waals surface area contributed by atoms with E-state index in [-0.39, 0.29) is 5.41 Å². The zero-order valence-electron chi connectivity index (χ0n) is 17.6. The average molecular weight is 369 g/mol. The molecule has 2 aromatic rings. The highest BCUT2D eigenvalue weighted by Gasteiger charge is 2.48. The summed E-state index contributed by atoms with van der Waals surface area (Å²) >= 11 is 0. The van der Waals surface area contributed by atoms with Crippen LogP contribution in [0.3, 0.4) is 0 Å². The smallest absolute Gasteiger partial charge is 0.0292 e. The summed E-state index contributed by atoms with van der Waals surface area (Å²) in [6, 6.07) is 16.3. The number of hydrogen-bond acceptors (Lipinski definition) is 0. The molecule has 0 N–H and O–H groups in total. The number of fused-ring (bicyclic) bond motifs is 3. The molecule has 2 aromatic carbocycles. The Morgan fingerprint density at radius 2 is 1.86 bits per heavy atom. The van der Waals surface area contributed by atoms with E-state index in [1.54, 1.807) is 5.56 Å². The van der Waals surface area contributed by atoms with Crippen molar-refractivity contribution in [2.24, 2.45) is 5.92 Å². The second kappa shape index (κ2) is 7.59. The number of allylic oxidation sites excluding steroid dienone is 5. The van der Waals surface area contributed by atoms with E-state index in [2.05, 4.69) is 82.0 Å². The lowest BCUT2D eigenvalue weighted by molar-refractivity contribution is 0.555. The van der Waals surface area contributed by atoms with Gasteiger partial charge in [-0.2, -0.15) is 0 Å². The van der Waals surface area contributed by atoms with E-state index < -0.39 is 0 Å². The molecular formula is C28H32. The van der Waals surface area contributed by atoms with Crippen molar-refractivity contribution in [3.05, 3.63) is 101 Å². The van der Waals surface area contributed by atoms with Crippen molar-refractivity contribution in [3.63, 3.8) is 0 Å². The van der Waals surface area contributed by atoms with Crippen LogP contribution in [0.4, 0.5) is 0 Å². The molecule has 0 heteroatoms. The highest BCUT2D eigenvalue weighted by atomic mass is 14.5. The molecule has 2 aliphatic carbocycles. The van der Waals surface area contributed by atoms with Gasteiger partial charge >= 0.3 is 0 Å². The quantitative estimate of drug-likeness (QED) is 0.522. The first-order chi connectivity index (χ1) is 13.6. The molecule has 28 heavy (non-hydrogen) atoms. The number of hydrogen-bond donors (Lipinski definition) is 0. The Labute approximate surface area is 170 Å². The first kappa shape index (κ1) is 19.0. The second-order valence-corrected chi connectivity index (χ2v) is 8.89. The average Bonchev–Trinajstić information content (AvgIpc) is 3.18. The standard InChI is InChI=1S/C28H32/c1-5-10-24-25-13-7-8-14-27(25)28(26(24)6-2)18-22-16-15-21(17-23(22)19-28)12-9-11-20(3)4/h5-8,10,13-17,20H,1,9,11-12,18-19H2,2-4H3/b24-10-,26-6+. The summed E-state index contributed by atoms with van der Waals surface area (Å²) in [5.74, 6) is 0.792. The third kappa shape index (κ3) is 3.09. The summed E-state index contributed by atoms with van der Waals surface area (Å²) in [4.78, 5) is 0. The largest absolute Gasteiger partial charge is 0.0990 e. The summed E-state index contributed by atoms with van der Waals surface area (Å²) in [7, 11) is 0. The van der Waals surface area contributed by atoms with Gasteiger partial charge in [0, 0.05) is 5.41 Å². The zero-order valence-corrected chi connectivity index (χ0v) is 17.6. The van der Waals surface area contributed by atoms with Crippen LogP contribution in [0, 0.1) is 5.92 Å². The van der Waals surface area contributed by atoms with Crippen molar-refractivity contribution >= 4 is 5.57 Å². The first-order valence-corrected chi connectivity index (χ1v) is 10.8. The maximum Gasteiger partial charge on any atom is 0.0292 e. The van der Waals surface area contributed by atoms with Gasteiger partial charge in [0.05, 0.1) is 0 Å². The van der Waals surface area contributed by atoms with Crippen LogP contribution >= 0.6 is 0 Å². The summed E-state index contributed by atoms with van der Waals surface area (Å²) in [5, 5.41) is 0. The van der Waals surface area contributed by atoms with Gasteiger partial charge in [0.2, 0.25) is 0 Å². The highest BCUT2D eigenvalue weighted by molar-refractivity contribution is 5.91. The maximum atomic E-state index is 3.97. The molecule has 0 saturated heterocycles. The second-order valence-electron chi connectivity index (χ2n) is 8.89. The van der Waals surface area contributed by atoms with Gasteiger partial charge in [-0.1, -0.05) is 87.5 Å². The minimum atomic E-state index is 0.0963. The number of aryl methyl sites for hydroxylation is 1. The van der Waals surface area contributed by atoms with E-state index in [0.717, 1.165) is 18.8 Å². The lowest BCUT2D eigenvalue weighted by Gasteiger charge is -2.27. The van der Waals surface area contributed by atoms with Crippen LogP contribution in [0.15, 0.2) is 72.8 Å². The lowest BCUT2D eigenvalue weighted by atomic mass is 9.75. The van der Waals surface area contributed by atoms with Crippen LogP contribution in [0.2, 0.25) is 0 Å². The molecule has 0 aromatic heterocycles. The molecule has 0 amide bonds. The van der Waals surface area contributed by atoms with E-state index in [9.17, 15) is 0 Å². The Kier molecular flexibility index (Phi) is 5.15. The topological polar surface area (TPSA) is 0 Å². The van der Waals surface area contributed by atoms with Crippen molar-refractivity contribution in [3.8, 4) is 0 Å². The van der Waals surface area contributed by atoms with Crippen molar-refractivity contribution in [1.29, 1.82) is 0 Å². The van der Waals surface area contributed by atoms with E-state index in [4.69, 9.17) is 0 Å². The minimum absolute atomic E-state index is 0.0963. The highest BCUT2D eigenvalue weighted by Crippen LogP contribution is 2.56. The van der Waals surface area contributed by atoms with Crippen LogP contribution in [0.5, 0.6) is 0 Å². The fourth-order valence-electron chi connectivity index (χ4n) is 5.39. The Hall–Kier alpha value is -2.34. The first-order valence-electron chi connectivity index (χ1n) is 10.8. The maximum absolute atomic E-state index is 3.97. The Bertz CT molecular complexity index is 954. The Balaban J connectivity index is 1.70. The molecule has 1 unspecified atom stereocenters. The van der Waals surface area contributed by atoms with Crippen LogP contribution in [0.25, 0.3) is 5.57 Å². The third-order valence-electron chi connectivity index (χ3n) is 6.61. The lowest BCUT2D eigenvalue weighted by Crippen LogP contribution is -2.25. The van der Waals surface area contributed by atoms with Crippen LogP contribution in [-0.2, 0) is 24.7 Å². The molecule has 1 atom stereocenters. The molecule has 1 spiro atoms. The van der Waals surface area contributed by atoms with E-state index >= 15 is 0 Å². The third-order valence-corrected chi connectivity index (χ3v) is 6.61. The SMILES string of the molecule is C=C/C=C1\C(=C/C)C2(Cc3ccc(CCCC(C)C)cc3C2)c2ccccc21. The Morgan fingerprint density at radius 3 is 2.61 bits per heavy atom. The molecule has 0 heterocycles. The number of rotatable bonds is 5. The minimum Gasteiger partial charge on any atom is -0.0990 e. The van der Waals surface area contributed by atoms with E-state index in [1.807, 2.05) is 6.08 Å². The fraction of sp³-hybridized carbons (Fsp3) is 0.357. The van der Waals surface area contributed by atoms with Gasteiger partial charge in [-0.25, -0.2) is 0 Å². The summed E-state index contributed by atoms with van der Waals surface area (Å²) < 4.78 is 0. The van der Waals surface area contributed by atoms with Gasteiger partial charge in [-0.05, 0) is 77.5 Å². The normalized spacial score (nSPS) is 23.0. The van der Waals surface area contributed by atoms with Crippen LogP contribution in [-0.4, -0.2) is 0 Å². The molecule has 4 rings (SSSR count). The predicted molar refractivity (Wildman–Crippen MR) is 122 cm³/mol. The summed E-state index contributed by atoms with van der Waals surface area (Å²) in [6.07, 6.45) is 12.5. The van der Waals surface area contributed by atoms with Gasteiger partial charge < -0.3 is 0 Å². The molecule has 0 radical (unpaired) electrons. The van der Waals surface area contributed by atoms with Gasteiger partial charge in [0.25, 0.3) is 0 Å². The van der Waals surface area contributed by atoms with Crippen LogP contribution < -0.4 is 0 Å². The fourth-order valence-corrected chi connectivity index (χ4v) is 5.39. The monoisotopic (exact) mass is 368 g/mol. The van der Waals surface area contributed by atoms with Gasteiger partial charge in [0.1, 0.15) is 0 Å². The molecule has 0 saturated carbocycles. The van der Waals surface area contributed by atoms with E-state index in [0.29, 0.717) is 0 Å². The van der Waals surface area contributed by atoms with E-state index in [1.165, 1.54) is 52.7 Å². The molecule has 0 aliphatic heterocycles. The number of benzene rings is 2. The van der Waals surface area contributed by atoms with Crippen molar-refractivity contribution < 1.29 is 0 Å². The van der Waals surface area contributed by atoms with Gasteiger partial charge in [-0.3, -0.25) is 0 Å². The molecule has 0 fully saturated rings. The van der Waals surface area contributed by atoms with Gasteiger partial charge in [0.15, 0.2) is 0 Å². The van der Waals surface area contributed by atoms with Crippen molar-refractivity contribution in [2.75, 3.05) is 0 Å². The Morgan fingerprint density at radius 1 is 1.07 bits per heavy atom. The predicted octanol–water partition coefficient (Wildman–Crippen LogP) is 7.23. The van der Waals surface area contributed by atoms with Crippen molar-refractivity contribution in [2.45, 2.75) is 58.3 Å². The van der Waals surface area contributed by atoms with Gasteiger partial charge in [-0.15, -0.1) is 0 Å². The summed E-state index contributed by atoms with van der Waals surface area (Å²) in [6.45, 7) is 10.8. The van der Waals surface area contributed by atoms with Crippen LogP contribution in [0.1, 0.15) is 61.4 Å².